The zero-order valence-electron chi connectivity index (χ0n) is 9.80. The van der Waals surface area contributed by atoms with Gasteiger partial charge in [0.25, 0.3) is 0 Å². The fourth-order valence-corrected chi connectivity index (χ4v) is 2.21. The van der Waals surface area contributed by atoms with Crippen molar-refractivity contribution in [2.45, 2.75) is 39.3 Å². The van der Waals surface area contributed by atoms with Crippen molar-refractivity contribution in [2.75, 3.05) is 11.9 Å². The monoisotopic (exact) mass is 204 g/mol. The Balaban J connectivity index is 2.26. The Morgan fingerprint density at radius 3 is 2.93 bits per heavy atom. The van der Waals surface area contributed by atoms with Crippen molar-refractivity contribution in [1.29, 1.82) is 0 Å². The molecule has 1 heterocycles. The highest BCUT2D eigenvalue weighted by atomic mass is 15.0. The topological polar surface area (TPSA) is 24.1 Å². The van der Waals surface area contributed by atoms with Gasteiger partial charge in [0.2, 0.25) is 0 Å². The molecule has 2 nitrogen and oxygen atoms in total. The molecule has 2 heteroatoms. The number of nitrogens with one attached hydrogen (secondary N) is 2. The minimum atomic E-state index is 0.516. The number of hydrogen-bond acceptors (Lipinski definition) is 2. The van der Waals surface area contributed by atoms with E-state index in [4.69, 9.17) is 0 Å². The molecule has 0 aliphatic carbocycles. The second kappa shape index (κ2) is 4.23. The molecular weight excluding hydrogens is 184 g/mol. The molecule has 2 rings (SSSR count). The molecule has 0 aromatic heterocycles. The number of aryl methyl sites for hydroxylation is 1. The summed E-state index contributed by atoms with van der Waals surface area (Å²) >= 11 is 0. The van der Waals surface area contributed by atoms with E-state index in [-0.39, 0.29) is 0 Å². The highest BCUT2D eigenvalue weighted by Gasteiger charge is 2.19. The molecule has 0 amide bonds. The van der Waals surface area contributed by atoms with Gasteiger partial charge in [0, 0.05) is 24.3 Å². The van der Waals surface area contributed by atoms with Gasteiger partial charge in [-0.15, -0.1) is 0 Å². The summed E-state index contributed by atoms with van der Waals surface area (Å²) in [5.74, 6) is 0. The van der Waals surface area contributed by atoms with Crippen LogP contribution in [0, 0.1) is 6.92 Å². The van der Waals surface area contributed by atoms with Crippen LogP contribution in [0.1, 0.15) is 37.4 Å². The second-order valence-corrected chi connectivity index (χ2v) is 4.68. The molecule has 15 heavy (non-hydrogen) atoms. The van der Waals surface area contributed by atoms with Crippen LogP contribution in [0.5, 0.6) is 0 Å². The lowest BCUT2D eigenvalue weighted by atomic mass is 9.96. The van der Waals surface area contributed by atoms with Crippen LogP contribution in [0.3, 0.4) is 0 Å². The summed E-state index contributed by atoms with van der Waals surface area (Å²) in [6.45, 7) is 7.62. The first-order valence-electron chi connectivity index (χ1n) is 5.77. The molecule has 1 aromatic rings. The van der Waals surface area contributed by atoms with E-state index in [0.29, 0.717) is 12.1 Å². The smallest absolute Gasteiger partial charge is 0.0391 e. The Morgan fingerprint density at radius 1 is 1.40 bits per heavy atom. The zero-order valence-corrected chi connectivity index (χ0v) is 9.80. The standard InChI is InChI=1S/C13H20N2/c1-9(2)15-12-6-7-14-13-8-10(3)4-5-11(12)13/h4-5,8-9,12,14-15H,6-7H2,1-3H3. The first-order valence-corrected chi connectivity index (χ1v) is 5.77. The molecule has 82 valence electrons. The van der Waals surface area contributed by atoms with Crippen LogP contribution < -0.4 is 10.6 Å². The quantitative estimate of drug-likeness (QED) is 0.774. The van der Waals surface area contributed by atoms with Crippen molar-refractivity contribution < 1.29 is 0 Å². The van der Waals surface area contributed by atoms with Gasteiger partial charge in [-0.25, -0.2) is 0 Å². The van der Waals surface area contributed by atoms with Crippen molar-refractivity contribution in [2.24, 2.45) is 0 Å². The van der Waals surface area contributed by atoms with Gasteiger partial charge in [-0.3, -0.25) is 0 Å². The summed E-state index contributed by atoms with van der Waals surface area (Å²) in [7, 11) is 0. The number of hydrogen-bond donors (Lipinski definition) is 2. The van der Waals surface area contributed by atoms with Gasteiger partial charge < -0.3 is 10.6 Å². The van der Waals surface area contributed by atoms with Crippen molar-refractivity contribution in [1.82, 2.24) is 5.32 Å². The lowest BCUT2D eigenvalue weighted by Gasteiger charge is -2.29. The van der Waals surface area contributed by atoms with Gasteiger partial charge in [-0.05, 0) is 30.5 Å². The van der Waals surface area contributed by atoms with E-state index in [1.54, 1.807) is 0 Å². The molecule has 0 saturated heterocycles. The predicted molar refractivity (Wildman–Crippen MR) is 65.3 cm³/mol. The van der Waals surface area contributed by atoms with Crippen molar-refractivity contribution in [3.8, 4) is 0 Å². The fraction of sp³-hybridized carbons (Fsp3) is 0.538. The minimum absolute atomic E-state index is 0.516. The Kier molecular flexibility index (Phi) is 2.96. The van der Waals surface area contributed by atoms with Crippen molar-refractivity contribution in [3.63, 3.8) is 0 Å². The third-order valence-electron chi connectivity index (χ3n) is 2.87. The van der Waals surface area contributed by atoms with Crippen LogP contribution in [0.2, 0.25) is 0 Å². The van der Waals surface area contributed by atoms with E-state index < -0.39 is 0 Å². The van der Waals surface area contributed by atoms with E-state index in [9.17, 15) is 0 Å². The molecule has 0 saturated carbocycles. The maximum absolute atomic E-state index is 3.62. The molecular formula is C13H20N2. The molecule has 0 bridgehead atoms. The lowest BCUT2D eigenvalue weighted by molar-refractivity contribution is 0.453. The molecule has 1 unspecified atom stereocenters. The molecule has 0 radical (unpaired) electrons. The number of fused-ring (bicyclic) bond motifs is 1. The van der Waals surface area contributed by atoms with Gasteiger partial charge >= 0.3 is 0 Å². The Morgan fingerprint density at radius 2 is 2.20 bits per heavy atom. The highest BCUT2D eigenvalue weighted by Crippen LogP contribution is 2.30. The summed E-state index contributed by atoms with van der Waals surface area (Å²) in [6.07, 6.45) is 1.17. The van der Waals surface area contributed by atoms with E-state index >= 15 is 0 Å². The summed E-state index contributed by atoms with van der Waals surface area (Å²) in [6, 6.07) is 7.74. The van der Waals surface area contributed by atoms with Crippen molar-refractivity contribution >= 4 is 5.69 Å². The normalized spacial score (nSPS) is 19.9. The van der Waals surface area contributed by atoms with Gasteiger partial charge in [0.05, 0.1) is 0 Å². The summed E-state index contributed by atoms with van der Waals surface area (Å²) < 4.78 is 0. The van der Waals surface area contributed by atoms with E-state index in [1.807, 2.05) is 0 Å². The average molecular weight is 204 g/mol. The summed E-state index contributed by atoms with van der Waals surface area (Å²) in [4.78, 5) is 0. The third-order valence-corrected chi connectivity index (χ3v) is 2.87. The maximum atomic E-state index is 3.62. The van der Waals surface area contributed by atoms with Crippen LogP contribution in [0.4, 0.5) is 5.69 Å². The van der Waals surface area contributed by atoms with Gasteiger partial charge in [0.1, 0.15) is 0 Å². The average Bonchev–Trinajstić information content (AvgIpc) is 2.16. The zero-order chi connectivity index (χ0) is 10.8. The van der Waals surface area contributed by atoms with Crippen LogP contribution in [-0.4, -0.2) is 12.6 Å². The second-order valence-electron chi connectivity index (χ2n) is 4.68. The Labute approximate surface area is 92.1 Å². The Hall–Kier alpha value is -1.02. The van der Waals surface area contributed by atoms with Gasteiger partial charge in [-0.1, -0.05) is 26.0 Å². The minimum Gasteiger partial charge on any atom is -0.385 e. The number of rotatable bonds is 2. The molecule has 0 fully saturated rings. The maximum Gasteiger partial charge on any atom is 0.0391 e. The molecule has 1 aromatic carbocycles. The largest absolute Gasteiger partial charge is 0.385 e. The van der Waals surface area contributed by atoms with E-state index in [1.165, 1.54) is 23.2 Å². The van der Waals surface area contributed by atoms with Gasteiger partial charge in [0.15, 0.2) is 0 Å². The van der Waals surface area contributed by atoms with Crippen LogP contribution in [0.15, 0.2) is 18.2 Å². The van der Waals surface area contributed by atoms with Crippen LogP contribution in [0.25, 0.3) is 0 Å². The summed E-state index contributed by atoms with van der Waals surface area (Å²) in [5.41, 5.74) is 4.05. The first kappa shape index (κ1) is 10.5. The molecule has 1 aliphatic heterocycles. The predicted octanol–water partition coefficient (Wildman–Crippen LogP) is 2.85. The molecule has 1 atom stereocenters. The third kappa shape index (κ3) is 2.32. The SMILES string of the molecule is Cc1ccc2c(c1)NCCC2NC(C)C. The Bertz CT molecular complexity index is 344. The lowest BCUT2D eigenvalue weighted by Crippen LogP contribution is -2.32. The highest BCUT2D eigenvalue weighted by molar-refractivity contribution is 5.56. The number of benzene rings is 1. The molecule has 0 spiro atoms. The summed E-state index contributed by atoms with van der Waals surface area (Å²) in [5, 5.41) is 7.08. The van der Waals surface area contributed by atoms with Crippen molar-refractivity contribution in [3.05, 3.63) is 29.3 Å². The molecule has 1 aliphatic rings. The van der Waals surface area contributed by atoms with E-state index in [0.717, 1.165) is 6.54 Å². The molecule has 2 N–H and O–H groups in total. The van der Waals surface area contributed by atoms with E-state index in [2.05, 4.69) is 49.6 Å². The number of anilines is 1. The van der Waals surface area contributed by atoms with Crippen LogP contribution in [-0.2, 0) is 0 Å². The van der Waals surface area contributed by atoms with Crippen LogP contribution >= 0.6 is 0 Å². The van der Waals surface area contributed by atoms with Gasteiger partial charge in [-0.2, -0.15) is 0 Å². The first-order chi connectivity index (χ1) is 7.16. The fourth-order valence-electron chi connectivity index (χ4n) is 2.21.